The fraction of sp³-hybridized carbons (Fsp3) is 0.611. The van der Waals surface area contributed by atoms with Crippen molar-refractivity contribution in [1.29, 1.82) is 0 Å². The molecule has 0 spiro atoms. The highest BCUT2D eigenvalue weighted by molar-refractivity contribution is 14.0. The van der Waals surface area contributed by atoms with Gasteiger partial charge >= 0.3 is 0 Å². The number of thiophene rings is 1. The van der Waals surface area contributed by atoms with Gasteiger partial charge in [-0.1, -0.05) is 25.1 Å². The lowest BCUT2D eigenvalue weighted by molar-refractivity contribution is 0.369. The van der Waals surface area contributed by atoms with E-state index in [0.29, 0.717) is 11.8 Å². The molecule has 0 atom stereocenters. The molecule has 0 unspecified atom stereocenters. The second-order valence-electron chi connectivity index (χ2n) is 6.29. The highest BCUT2D eigenvalue weighted by atomic mass is 127. The van der Waals surface area contributed by atoms with E-state index in [1.165, 1.54) is 4.88 Å². The first-order valence-corrected chi connectivity index (χ1v) is 9.82. The third-order valence-corrected chi connectivity index (χ3v) is 4.72. The van der Waals surface area contributed by atoms with Gasteiger partial charge in [0.1, 0.15) is 0 Å². The van der Waals surface area contributed by atoms with Crippen LogP contribution in [0.15, 0.2) is 27.0 Å². The van der Waals surface area contributed by atoms with Crippen LogP contribution in [-0.4, -0.2) is 47.7 Å². The van der Waals surface area contributed by atoms with Crippen molar-refractivity contribution in [2.75, 3.05) is 26.7 Å². The molecule has 1 N–H and O–H groups in total. The Hall–Kier alpha value is -1.16. The van der Waals surface area contributed by atoms with Crippen molar-refractivity contribution in [3.05, 3.63) is 34.1 Å². The van der Waals surface area contributed by atoms with E-state index in [9.17, 15) is 0 Å². The van der Waals surface area contributed by atoms with Crippen LogP contribution in [0, 0.1) is 0 Å². The summed E-state index contributed by atoms with van der Waals surface area (Å²) in [5, 5.41) is 9.47. The van der Waals surface area contributed by atoms with Crippen molar-refractivity contribution in [2.45, 2.75) is 46.0 Å². The number of hydrogen-bond acceptors (Lipinski definition) is 5. The Morgan fingerprint density at radius 3 is 2.81 bits per heavy atom. The molecule has 0 saturated heterocycles. The number of guanidine groups is 1. The first kappa shape index (κ1) is 22.9. The Bertz CT molecular complexity index is 642. The summed E-state index contributed by atoms with van der Waals surface area (Å²) in [5.74, 6) is 2.73. The summed E-state index contributed by atoms with van der Waals surface area (Å²) in [6.45, 7) is 8.78. The van der Waals surface area contributed by atoms with Gasteiger partial charge in [0.15, 0.2) is 11.8 Å². The number of nitrogens with one attached hydrogen (secondary N) is 1. The van der Waals surface area contributed by atoms with Gasteiger partial charge in [0.25, 0.3) is 0 Å². The molecular weight excluding hydrogens is 461 g/mol. The van der Waals surface area contributed by atoms with E-state index in [2.05, 4.69) is 65.7 Å². The van der Waals surface area contributed by atoms with Crippen LogP contribution in [0.1, 0.15) is 49.7 Å². The summed E-state index contributed by atoms with van der Waals surface area (Å²) in [6, 6.07) is 4.28. The van der Waals surface area contributed by atoms with E-state index in [1.54, 1.807) is 11.3 Å². The predicted molar refractivity (Wildman–Crippen MR) is 119 cm³/mol. The summed E-state index contributed by atoms with van der Waals surface area (Å²) in [4.78, 5) is 12.7. The number of nitrogens with zero attached hydrogens (tertiary/aromatic N) is 4. The minimum Gasteiger partial charge on any atom is -0.357 e. The van der Waals surface area contributed by atoms with Gasteiger partial charge in [0.2, 0.25) is 5.89 Å². The molecular formula is C18H30IN5OS. The summed E-state index contributed by atoms with van der Waals surface area (Å²) in [6.07, 6.45) is 2.70. The molecule has 0 aliphatic rings. The van der Waals surface area contributed by atoms with Gasteiger partial charge in [-0.2, -0.15) is 4.98 Å². The molecule has 0 fully saturated rings. The number of aromatic nitrogens is 2. The third-order valence-electron chi connectivity index (χ3n) is 3.78. The van der Waals surface area contributed by atoms with Gasteiger partial charge in [-0.05, 0) is 31.2 Å². The van der Waals surface area contributed by atoms with E-state index in [0.717, 1.165) is 50.7 Å². The van der Waals surface area contributed by atoms with Crippen LogP contribution in [0.3, 0.4) is 0 Å². The van der Waals surface area contributed by atoms with E-state index >= 15 is 0 Å². The molecule has 26 heavy (non-hydrogen) atoms. The monoisotopic (exact) mass is 491 g/mol. The number of hydrogen-bond donors (Lipinski definition) is 1. The van der Waals surface area contributed by atoms with Crippen molar-refractivity contribution in [3.8, 4) is 0 Å². The van der Waals surface area contributed by atoms with Crippen molar-refractivity contribution < 1.29 is 4.52 Å². The number of aliphatic imine (C=N–C) groups is 1. The van der Waals surface area contributed by atoms with E-state index in [1.807, 2.05) is 0 Å². The molecule has 146 valence electrons. The third kappa shape index (κ3) is 7.61. The first-order valence-electron chi connectivity index (χ1n) is 8.94. The van der Waals surface area contributed by atoms with E-state index in [4.69, 9.17) is 9.52 Å². The van der Waals surface area contributed by atoms with Crippen molar-refractivity contribution >= 4 is 41.3 Å². The van der Waals surface area contributed by atoms with Gasteiger partial charge in [-0.25, -0.2) is 0 Å². The molecule has 0 aliphatic carbocycles. The van der Waals surface area contributed by atoms with Crippen LogP contribution in [0.4, 0.5) is 0 Å². The number of halogens is 1. The molecule has 0 aliphatic heterocycles. The smallest absolute Gasteiger partial charge is 0.226 e. The molecule has 0 radical (unpaired) electrons. The fourth-order valence-electron chi connectivity index (χ4n) is 2.33. The lowest BCUT2D eigenvalue weighted by Gasteiger charge is -2.21. The van der Waals surface area contributed by atoms with Gasteiger partial charge in [0.05, 0.1) is 0 Å². The molecule has 0 aromatic carbocycles. The Morgan fingerprint density at radius 1 is 1.38 bits per heavy atom. The standard InChI is InChI=1S/C18H29N5OS.HI/c1-5-19-18(23(4)12-10-15-8-7-13-25-15)20-11-6-9-16-21-17(14(2)3)22-24-16;/h7-8,13-14H,5-6,9-12H2,1-4H3,(H,19,20);1H. The molecule has 0 bridgehead atoms. The molecule has 2 aromatic heterocycles. The highest BCUT2D eigenvalue weighted by Gasteiger charge is 2.09. The maximum absolute atomic E-state index is 5.27. The summed E-state index contributed by atoms with van der Waals surface area (Å²) >= 11 is 1.80. The Morgan fingerprint density at radius 2 is 2.19 bits per heavy atom. The predicted octanol–water partition coefficient (Wildman–Crippen LogP) is 3.95. The van der Waals surface area contributed by atoms with Gasteiger partial charge in [-0.15, -0.1) is 35.3 Å². The number of aryl methyl sites for hydroxylation is 1. The van der Waals surface area contributed by atoms with Gasteiger partial charge in [-0.3, -0.25) is 4.99 Å². The number of likely N-dealkylation sites (N-methyl/N-ethyl adjacent to an activating group) is 1. The van der Waals surface area contributed by atoms with Crippen molar-refractivity contribution in [3.63, 3.8) is 0 Å². The largest absolute Gasteiger partial charge is 0.357 e. The summed E-state index contributed by atoms with van der Waals surface area (Å²) in [5.41, 5.74) is 0. The van der Waals surface area contributed by atoms with Crippen LogP contribution < -0.4 is 5.32 Å². The normalized spacial score (nSPS) is 11.5. The Kier molecular flexibility index (Phi) is 10.8. The van der Waals surface area contributed by atoms with Crippen LogP contribution >= 0.6 is 35.3 Å². The van der Waals surface area contributed by atoms with Crippen molar-refractivity contribution in [2.24, 2.45) is 4.99 Å². The van der Waals surface area contributed by atoms with Crippen LogP contribution in [0.2, 0.25) is 0 Å². The molecule has 2 aromatic rings. The van der Waals surface area contributed by atoms with E-state index < -0.39 is 0 Å². The lowest BCUT2D eigenvalue weighted by Crippen LogP contribution is -2.40. The first-order chi connectivity index (χ1) is 12.1. The summed E-state index contributed by atoms with van der Waals surface area (Å²) < 4.78 is 5.27. The fourth-order valence-corrected chi connectivity index (χ4v) is 3.03. The molecule has 0 amide bonds. The molecule has 0 saturated carbocycles. The quantitative estimate of drug-likeness (QED) is 0.249. The second-order valence-corrected chi connectivity index (χ2v) is 7.32. The molecule has 8 heteroatoms. The Balaban J connectivity index is 0.00000338. The zero-order chi connectivity index (χ0) is 18.1. The van der Waals surface area contributed by atoms with Crippen LogP contribution in [0.5, 0.6) is 0 Å². The lowest BCUT2D eigenvalue weighted by atomic mass is 10.2. The highest BCUT2D eigenvalue weighted by Crippen LogP contribution is 2.11. The van der Waals surface area contributed by atoms with Crippen molar-refractivity contribution in [1.82, 2.24) is 20.4 Å². The molecule has 6 nitrogen and oxygen atoms in total. The SMILES string of the molecule is CCNC(=NCCCc1nc(C(C)C)no1)N(C)CCc1cccs1.I. The van der Waals surface area contributed by atoms with Gasteiger partial charge < -0.3 is 14.7 Å². The van der Waals surface area contributed by atoms with Crippen LogP contribution in [0.25, 0.3) is 0 Å². The molecule has 2 rings (SSSR count). The molecule has 2 heterocycles. The topological polar surface area (TPSA) is 66.5 Å². The second kappa shape index (κ2) is 12.3. The number of rotatable bonds is 9. The zero-order valence-corrected chi connectivity index (χ0v) is 19.2. The minimum absolute atomic E-state index is 0. The Labute approximate surface area is 177 Å². The minimum atomic E-state index is 0. The maximum Gasteiger partial charge on any atom is 0.226 e. The van der Waals surface area contributed by atoms with E-state index in [-0.39, 0.29) is 24.0 Å². The average molecular weight is 491 g/mol. The van der Waals surface area contributed by atoms with Gasteiger partial charge in [0, 0.05) is 43.9 Å². The maximum atomic E-state index is 5.27. The van der Waals surface area contributed by atoms with Crippen LogP contribution in [-0.2, 0) is 12.8 Å². The summed E-state index contributed by atoms with van der Waals surface area (Å²) in [7, 11) is 2.09. The zero-order valence-electron chi connectivity index (χ0n) is 16.1. The average Bonchev–Trinajstić information content (AvgIpc) is 3.27.